The van der Waals surface area contributed by atoms with Crippen LogP contribution in [-0.2, 0) is 4.79 Å². The maximum atomic E-state index is 13.1. The van der Waals surface area contributed by atoms with Crippen LogP contribution >= 0.6 is 0 Å². The molecule has 2 atom stereocenters. The number of nitrogens with one attached hydrogen (secondary N) is 2. The predicted molar refractivity (Wildman–Crippen MR) is 78.4 cm³/mol. The Morgan fingerprint density at radius 2 is 2.41 bits per heavy atom. The molecule has 0 spiro atoms. The summed E-state index contributed by atoms with van der Waals surface area (Å²) in [4.78, 5) is 15.9. The summed E-state index contributed by atoms with van der Waals surface area (Å²) in [5, 5.41) is 5.60. The summed E-state index contributed by atoms with van der Waals surface area (Å²) in [5.74, 6) is 0.874. The topological polar surface area (TPSA) is 76.4 Å². The van der Waals surface area contributed by atoms with E-state index >= 15 is 0 Å². The van der Waals surface area contributed by atoms with E-state index in [2.05, 4.69) is 15.6 Å². The molecule has 1 aromatic heterocycles. The smallest absolute Gasteiger partial charge is 0.241 e. The molecule has 0 radical (unpaired) electrons. The van der Waals surface area contributed by atoms with Crippen molar-refractivity contribution in [3.05, 3.63) is 30.8 Å². The first-order valence-electron chi connectivity index (χ1n) is 6.92. The fourth-order valence-corrected chi connectivity index (χ4v) is 2.44. The summed E-state index contributed by atoms with van der Waals surface area (Å²) in [6.45, 7) is 0.214. The van der Waals surface area contributed by atoms with Gasteiger partial charge in [0.05, 0.1) is 24.9 Å². The normalized spacial score (nSPS) is 20.8. The van der Waals surface area contributed by atoms with Crippen molar-refractivity contribution in [2.75, 3.05) is 19.0 Å². The highest BCUT2D eigenvalue weighted by atomic mass is 19.1. The van der Waals surface area contributed by atoms with Gasteiger partial charge < -0.3 is 19.8 Å². The van der Waals surface area contributed by atoms with Crippen LogP contribution in [0.1, 0.15) is 6.42 Å². The number of benzene rings is 1. The molecule has 22 heavy (non-hydrogen) atoms. The molecule has 116 valence electrons. The van der Waals surface area contributed by atoms with Crippen molar-refractivity contribution in [3.8, 4) is 17.1 Å². The number of hydrogen-bond donors (Lipinski definition) is 2. The Morgan fingerprint density at radius 3 is 3.05 bits per heavy atom. The molecule has 1 aliphatic rings. The van der Waals surface area contributed by atoms with E-state index in [1.807, 2.05) is 0 Å². The van der Waals surface area contributed by atoms with E-state index in [4.69, 9.17) is 9.15 Å². The lowest BCUT2D eigenvalue weighted by molar-refractivity contribution is -0.117. The summed E-state index contributed by atoms with van der Waals surface area (Å²) in [6.07, 6.45) is 2.14. The van der Waals surface area contributed by atoms with Crippen molar-refractivity contribution >= 4 is 11.6 Å². The third-order valence-electron chi connectivity index (χ3n) is 3.56. The van der Waals surface area contributed by atoms with Crippen molar-refractivity contribution in [2.24, 2.45) is 0 Å². The number of ether oxygens (including phenoxy) is 1. The minimum absolute atomic E-state index is 0.194. The number of nitrogens with zero attached hydrogens (tertiary/aromatic N) is 1. The third-order valence-corrected chi connectivity index (χ3v) is 3.56. The molecule has 2 heterocycles. The number of hydrogen-bond acceptors (Lipinski definition) is 5. The number of methoxy groups -OCH3 is 1. The average molecular weight is 305 g/mol. The first kappa shape index (κ1) is 14.5. The van der Waals surface area contributed by atoms with E-state index in [9.17, 15) is 9.18 Å². The summed E-state index contributed by atoms with van der Waals surface area (Å²) < 4.78 is 23.7. The lowest BCUT2D eigenvalue weighted by Gasteiger charge is -2.13. The number of halogens is 1. The first-order valence-corrected chi connectivity index (χ1v) is 6.92. The molecule has 7 heteroatoms. The van der Waals surface area contributed by atoms with Gasteiger partial charge in [-0.2, -0.15) is 0 Å². The Kier molecular flexibility index (Phi) is 4.06. The van der Waals surface area contributed by atoms with Gasteiger partial charge >= 0.3 is 0 Å². The van der Waals surface area contributed by atoms with Crippen molar-refractivity contribution in [1.29, 1.82) is 0 Å². The van der Waals surface area contributed by atoms with Crippen LogP contribution in [0, 0.1) is 0 Å². The zero-order chi connectivity index (χ0) is 15.5. The quantitative estimate of drug-likeness (QED) is 0.903. The number of amides is 1. The molecule has 1 fully saturated rings. The monoisotopic (exact) mass is 305 g/mol. The molecule has 6 nitrogen and oxygen atoms in total. The van der Waals surface area contributed by atoms with Crippen LogP contribution in [-0.4, -0.2) is 36.8 Å². The average Bonchev–Trinajstić information content (AvgIpc) is 3.18. The van der Waals surface area contributed by atoms with E-state index in [1.165, 1.54) is 13.5 Å². The number of alkyl halides is 1. The number of rotatable bonds is 4. The molecule has 2 unspecified atom stereocenters. The summed E-state index contributed by atoms with van der Waals surface area (Å²) in [6, 6.07) is 4.70. The minimum atomic E-state index is -0.973. The van der Waals surface area contributed by atoms with E-state index in [0.29, 0.717) is 17.2 Å². The maximum Gasteiger partial charge on any atom is 0.241 e. The van der Waals surface area contributed by atoms with Gasteiger partial charge in [0, 0.05) is 24.7 Å². The van der Waals surface area contributed by atoms with Gasteiger partial charge in [0.15, 0.2) is 12.2 Å². The van der Waals surface area contributed by atoms with Gasteiger partial charge in [-0.15, -0.1) is 0 Å². The summed E-state index contributed by atoms with van der Waals surface area (Å²) >= 11 is 0. The lowest BCUT2D eigenvalue weighted by atomic mass is 10.1. The number of oxazole rings is 1. The van der Waals surface area contributed by atoms with Crippen LogP contribution in [0.2, 0.25) is 0 Å². The number of carbonyl (C=O) groups excluding carboxylic acids is 1. The third kappa shape index (κ3) is 2.94. The molecule has 0 bridgehead atoms. The van der Waals surface area contributed by atoms with Gasteiger partial charge in [0.25, 0.3) is 0 Å². The standard InChI is InChI=1S/C15H16FN3O3/c1-21-13-5-10(2-3-11(13)14-7-17-8-22-14)19-15(20)12-4-9(16)6-18-12/h2-3,5,7-9,12,18H,4,6H2,1H3,(H,19,20). The Morgan fingerprint density at radius 1 is 1.55 bits per heavy atom. The highest BCUT2D eigenvalue weighted by Gasteiger charge is 2.29. The van der Waals surface area contributed by atoms with E-state index in [0.717, 1.165) is 5.56 Å². The Labute approximate surface area is 126 Å². The number of carbonyl (C=O) groups is 1. The van der Waals surface area contributed by atoms with Crippen LogP contribution < -0.4 is 15.4 Å². The molecule has 0 aliphatic carbocycles. The minimum Gasteiger partial charge on any atom is -0.496 e. The maximum absolute atomic E-state index is 13.1. The van der Waals surface area contributed by atoms with Gasteiger partial charge in [-0.05, 0) is 12.1 Å². The molecular weight excluding hydrogens is 289 g/mol. The predicted octanol–water partition coefficient (Wildman–Crippen LogP) is 1.99. The molecule has 1 aromatic carbocycles. The molecule has 1 amide bonds. The van der Waals surface area contributed by atoms with E-state index in [1.54, 1.807) is 24.4 Å². The lowest BCUT2D eigenvalue weighted by Crippen LogP contribution is -2.35. The highest BCUT2D eigenvalue weighted by Crippen LogP contribution is 2.32. The summed E-state index contributed by atoms with van der Waals surface area (Å²) in [5.41, 5.74) is 1.31. The zero-order valence-corrected chi connectivity index (χ0v) is 12.0. The van der Waals surface area contributed by atoms with Crippen molar-refractivity contribution in [3.63, 3.8) is 0 Å². The fraction of sp³-hybridized carbons (Fsp3) is 0.333. The number of aromatic nitrogens is 1. The van der Waals surface area contributed by atoms with Crippen molar-refractivity contribution < 1.29 is 18.3 Å². The van der Waals surface area contributed by atoms with Crippen molar-refractivity contribution in [1.82, 2.24) is 10.3 Å². The van der Waals surface area contributed by atoms with Gasteiger partial charge in [0.1, 0.15) is 11.9 Å². The molecular formula is C15H16FN3O3. The molecule has 3 rings (SSSR count). The van der Waals surface area contributed by atoms with E-state index in [-0.39, 0.29) is 18.9 Å². The molecule has 2 aromatic rings. The van der Waals surface area contributed by atoms with Crippen LogP contribution in [0.3, 0.4) is 0 Å². The second-order valence-corrected chi connectivity index (χ2v) is 5.06. The SMILES string of the molecule is COc1cc(NC(=O)C2CC(F)CN2)ccc1-c1cnco1. The highest BCUT2D eigenvalue weighted by molar-refractivity contribution is 5.95. The molecule has 1 saturated heterocycles. The second kappa shape index (κ2) is 6.15. The molecule has 1 aliphatic heterocycles. The second-order valence-electron chi connectivity index (χ2n) is 5.06. The Hall–Kier alpha value is -2.41. The van der Waals surface area contributed by atoms with Crippen LogP contribution in [0.25, 0.3) is 11.3 Å². The fourth-order valence-electron chi connectivity index (χ4n) is 2.44. The van der Waals surface area contributed by atoms with Crippen LogP contribution in [0.4, 0.5) is 10.1 Å². The largest absolute Gasteiger partial charge is 0.496 e. The Balaban J connectivity index is 1.76. The molecule has 0 saturated carbocycles. The van der Waals surface area contributed by atoms with Gasteiger partial charge in [-0.1, -0.05) is 0 Å². The van der Waals surface area contributed by atoms with Gasteiger partial charge in [0.2, 0.25) is 5.91 Å². The number of anilines is 1. The summed E-state index contributed by atoms with van der Waals surface area (Å²) in [7, 11) is 1.53. The van der Waals surface area contributed by atoms with Crippen LogP contribution in [0.15, 0.2) is 35.2 Å². The van der Waals surface area contributed by atoms with Crippen molar-refractivity contribution in [2.45, 2.75) is 18.6 Å². The first-order chi connectivity index (χ1) is 10.7. The molecule has 2 N–H and O–H groups in total. The zero-order valence-electron chi connectivity index (χ0n) is 12.0. The van der Waals surface area contributed by atoms with Gasteiger partial charge in [-0.3, -0.25) is 4.79 Å². The Bertz CT molecular complexity index is 660. The van der Waals surface area contributed by atoms with Gasteiger partial charge in [-0.25, -0.2) is 9.37 Å². The van der Waals surface area contributed by atoms with Crippen LogP contribution in [0.5, 0.6) is 5.75 Å². The van der Waals surface area contributed by atoms with E-state index < -0.39 is 12.2 Å².